The summed E-state index contributed by atoms with van der Waals surface area (Å²) in [6, 6.07) is 7.90. The number of benzene rings is 1. The van der Waals surface area contributed by atoms with Crippen LogP contribution in [0.5, 0.6) is 5.75 Å². The number of amides is 1. The third-order valence-corrected chi connectivity index (χ3v) is 5.13. The van der Waals surface area contributed by atoms with Gasteiger partial charge in [0.25, 0.3) is 0 Å². The van der Waals surface area contributed by atoms with Gasteiger partial charge in [-0.2, -0.15) is 5.10 Å². The van der Waals surface area contributed by atoms with Crippen molar-refractivity contribution in [2.75, 3.05) is 44.8 Å². The summed E-state index contributed by atoms with van der Waals surface area (Å²) in [5.74, 6) is 1.36. The van der Waals surface area contributed by atoms with Crippen molar-refractivity contribution in [1.29, 1.82) is 0 Å². The number of rotatable bonds is 4. The Morgan fingerprint density at radius 1 is 1.26 bits per heavy atom. The molecule has 2 aliphatic rings. The van der Waals surface area contributed by atoms with Gasteiger partial charge in [-0.1, -0.05) is 12.1 Å². The van der Waals surface area contributed by atoms with Crippen LogP contribution in [0.3, 0.4) is 0 Å². The molecule has 1 aromatic heterocycles. The fraction of sp³-hybridized carbons (Fsp3) is 0.500. The van der Waals surface area contributed by atoms with Crippen LogP contribution in [0.25, 0.3) is 0 Å². The van der Waals surface area contributed by atoms with Gasteiger partial charge in [0.05, 0.1) is 32.4 Å². The topological polar surface area (TPSA) is 92.7 Å². The number of ether oxygens (including phenoxy) is 2. The quantitative estimate of drug-likeness (QED) is 0.834. The Labute approximate surface area is 156 Å². The molecule has 3 heterocycles. The first kappa shape index (κ1) is 17.6. The van der Waals surface area contributed by atoms with Crippen LogP contribution in [0.1, 0.15) is 18.3 Å². The Bertz CT molecular complexity index is 869. The van der Waals surface area contributed by atoms with Gasteiger partial charge in [0.1, 0.15) is 11.9 Å². The molecule has 1 unspecified atom stereocenters. The molecular weight excluding hydrogens is 350 g/mol. The van der Waals surface area contributed by atoms with E-state index in [2.05, 4.69) is 15.1 Å². The normalized spacial score (nSPS) is 19.7. The average Bonchev–Trinajstić information content (AvgIpc) is 3.10. The highest BCUT2D eigenvalue weighted by molar-refractivity contribution is 5.77. The van der Waals surface area contributed by atoms with Crippen molar-refractivity contribution >= 4 is 11.6 Å². The summed E-state index contributed by atoms with van der Waals surface area (Å²) < 4.78 is 12.7. The van der Waals surface area contributed by atoms with Crippen LogP contribution >= 0.6 is 0 Å². The van der Waals surface area contributed by atoms with Crippen molar-refractivity contribution < 1.29 is 14.3 Å². The SMILES string of the molecule is COc1ccccc1N1CCN(C(=O)CC2OCCn3c2n[nH]c3=O)CC1. The molecule has 1 atom stereocenters. The summed E-state index contributed by atoms with van der Waals surface area (Å²) in [6.45, 7) is 3.63. The molecule has 0 radical (unpaired) electrons. The highest BCUT2D eigenvalue weighted by atomic mass is 16.5. The third-order valence-electron chi connectivity index (χ3n) is 5.13. The van der Waals surface area contributed by atoms with E-state index >= 15 is 0 Å². The standard InChI is InChI=1S/C18H23N5O4/c1-26-14-5-3-2-4-13(14)21-6-8-22(9-7-21)16(24)12-15-17-19-20-18(25)23(17)10-11-27-15/h2-5,15H,6-12H2,1H3,(H,20,25). The first-order valence-corrected chi connectivity index (χ1v) is 9.10. The molecule has 1 fully saturated rings. The van der Waals surface area contributed by atoms with Gasteiger partial charge in [-0.15, -0.1) is 0 Å². The molecular formula is C18H23N5O4. The molecule has 1 N–H and O–H groups in total. The van der Waals surface area contributed by atoms with Crippen LogP contribution in [0.15, 0.2) is 29.1 Å². The number of aromatic nitrogens is 3. The van der Waals surface area contributed by atoms with Gasteiger partial charge in [0.2, 0.25) is 5.91 Å². The first-order valence-electron chi connectivity index (χ1n) is 9.10. The maximum atomic E-state index is 12.7. The van der Waals surface area contributed by atoms with Crippen LogP contribution < -0.4 is 15.3 Å². The van der Waals surface area contributed by atoms with Gasteiger partial charge in [-0.05, 0) is 12.1 Å². The average molecular weight is 373 g/mol. The van der Waals surface area contributed by atoms with Crippen LogP contribution in [-0.2, 0) is 16.1 Å². The number of methoxy groups -OCH3 is 1. The molecule has 0 saturated carbocycles. The zero-order chi connectivity index (χ0) is 18.8. The maximum Gasteiger partial charge on any atom is 0.343 e. The summed E-state index contributed by atoms with van der Waals surface area (Å²) in [7, 11) is 1.66. The Balaban J connectivity index is 1.37. The zero-order valence-electron chi connectivity index (χ0n) is 15.3. The summed E-state index contributed by atoms with van der Waals surface area (Å²) >= 11 is 0. The molecule has 27 heavy (non-hydrogen) atoms. The van der Waals surface area contributed by atoms with E-state index in [4.69, 9.17) is 9.47 Å². The lowest BCUT2D eigenvalue weighted by Gasteiger charge is -2.37. The predicted molar refractivity (Wildman–Crippen MR) is 97.9 cm³/mol. The van der Waals surface area contributed by atoms with Crippen LogP contribution in [0.4, 0.5) is 5.69 Å². The number of hydrogen-bond acceptors (Lipinski definition) is 6. The fourth-order valence-corrected chi connectivity index (χ4v) is 3.68. The number of anilines is 1. The summed E-state index contributed by atoms with van der Waals surface area (Å²) in [5.41, 5.74) is 0.791. The first-order chi connectivity index (χ1) is 13.2. The largest absolute Gasteiger partial charge is 0.495 e. The molecule has 9 heteroatoms. The minimum absolute atomic E-state index is 0.0172. The van der Waals surface area contributed by atoms with E-state index in [9.17, 15) is 9.59 Å². The van der Waals surface area contributed by atoms with Crippen LogP contribution in [0.2, 0.25) is 0 Å². The Hall–Kier alpha value is -2.81. The molecule has 1 amide bonds. The number of aromatic amines is 1. The van der Waals surface area contributed by atoms with Crippen molar-refractivity contribution in [3.63, 3.8) is 0 Å². The van der Waals surface area contributed by atoms with Crippen LogP contribution in [-0.4, -0.2) is 65.5 Å². The molecule has 0 spiro atoms. The monoisotopic (exact) mass is 373 g/mol. The minimum Gasteiger partial charge on any atom is -0.495 e. The Morgan fingerprint density at radius 3 is 2.81 bits per heavy atom. The van der Waals surface area contributed by atoms with Gasteiger partial charge < -0.3 is 19.3 Å². The molecule has 2 aliphatic heterocycles. The molecule has 1 saturated heterocycles. The van der Waals surface area contributed by atoms with E-state index in [1.165, 1.54) is 0 Å². The lowest BCUT2D eigenvalue weighted by atomic mass is 10.1. The number of fused-ring (bicyclic) bond motifs is 1. The van der Waals surface area contributed by atoms with Gasteiger partial charge >= 0.3 is 5.69 Å². The second-order valence-electron chi connectivity index (χ2n) is 6.64. The second kappa shape index (κ2) is 7.43. The van der Waals surface area contributed by atoms with E-state index in [1.54, 1.807) is 11.7 Å². The minimum atomic E-state index is -0.475. The lowest BCUT2D eigenvalue weighted by Crippen LogP contribution is -2.49. The number of nitrogens with zero attached hydrogens (tertiary/aromatic N) is 4. The number of carbonyl (C=O) groups is 1. The molecule has 9 nitrogen and oxygen atoms in total. The van der Waals surface area contributed by atoms with Crippen molar-refractivity contribution in [3.05, 3.63) is 40.6 Å². The maximum absolute atomic E-state index is 12.7. The number of para-hydroxylation sites is 2. The number of H-pyrrole nitrogens is 1. The van der Waals surface area contributed by atoms with E-state index in [0.717, 1.165) is 24.5 Å². The molecule has 0 bridgehead atoms. The predicted octanol–water partition coefficient (Wildman–Crippen LogP) is 0.390. The van der Waals surface area contributed by atoms with Gasteiger partial charge in [0, 0.05) is 26.2 Å². The third kappa shape index (κ3) is 3.42. The van der Waals surface area contributed by atoms with Gasteiger partial charge in [0.15, 0.2) is 5.82 Å². The van der Waals surface area contributed by atoms with E-state index < -0.39 is 6.10 Å². The number of nitrogens with one attached hydrogen (secondary N) is 1. The molecule has 2 aromatic rings. The smallest absolute Gasteiger partial charge is 0.343 e. The molecule has 0 aliphatic carbocycles. The highest BCUT2D eigenvalue weighted by Crippen LogP contribution is 2.29. The van der Waals surface area contributed by atoms with E-state index in [1.807, 2.05) is 29.2 Å². The summed E-state index contributed by atoms with van der Waals surface area (Å²) in [5, 5.41) is 6.44. The van der Waals surface area contributed by atoms with Crippen LogP contribution in [0, 0.1) is 0 Å². The fourth-order valence-electron chi connectivity index (χ4n) is 3.68. The van der Waals surface area contributed by atoms with E-state index in [0.29, 0.717) is 32.1 Å². The van der Waals surface area contributed by atoms with E-state index in [-0.39, 0.29) is 18.0 Å². The van der Waals surface area contributed by atoms with Gasteiger partial charge in [-0.25, -0.2) is 9.89 Å². The van der Waals surface area contributed by atoms with Crippen molar-refractivity contribution in [3.8, 4) is 5.75 Å². The number of piperazine rings is 1. The lowest BCUT2D eigenvalue weighted by molar-refractivity contribution is -0.135. The Kier molecular flexibility index (Phi) is 4.85. The summed E-state index contributed by atoms with van der Waals surface area (Å²) in [4.78, 5) is 28.5. The highest BCUT2D eigenvalue weighted by Gasteiger charge is 2.30. The number of hydrogen-bond donors (Lipinski definition) is 1. The molecule has 4 rings (SSSR count). The zero-order valence-corrected chi connectivity index (χ0v) is 15.3. The van der Waals surface area contributed by atoms with Crippen molar-refractivity contribution in [2.45, 2.75) is 19.1 Å². The number of carbonyl (C=O) groups excluding carboxylic acids is 1. The Morgan fingerprint density at radius 2 is 2.04 bits per heavy atom. The second-order valence-corrected chi connectivity index (χ2v) is 6.64. The van der Waals surface area contributed by atoms with Gasteiger partial charge in [-0.3, -0.25) is 9.36 Å². The van der Waals surface area contributed by atoms with Crippen molar-refractivity contribution in [1.82, 2.24) is 19.7 Å². The molecule has 144 valence electrons. The summed E-state index contributed by atoms with van der Waals surface area (Å²) in [6.07, 6.45) is -0.281. The molecule has 1 aromatic carbocycles. The van der Waals surface area contributed by atoms with Crippen molar-refractivity contribution in [2.24, 2.45) is 0 Å².